The van der Waals surface area contributed by atoms with E-state index in [0.717, 1.165) is 5.56 Å². The largest absolute Gasteiger partial charge is 0.486 e. The fraction of sp³-hybridized carbons (Fsp3) is 0.444. The van der Waals surface area contributed by atoms with E-state index in [-0.39, 0.29) is 18.4 Å². The van der Waals surface area contributed by atoms with Crippen LogP contribution >= 0.6 is 11.6 Å². The standard InChI is InChI=1S/C18H23ClN2O4/c1-4-21(5-2)17(23)12-20(3)16(22)7-6-13-10-14(19)18-15(11-13)24-8-9-25-18/h6-7,10-11H,4-5,8-9,12H2,1-3H3/b7-6+. The third kappa shape index (κ3) is 4.89. The highest BCUT2D eigenvalue weighted by Gasteiger charge is 2.17. The second-order valence-corrected chi connectivity index (χ2v) is 6.03. The summed E-state index contributed by atoms with van der Waals surface area (Å²) in [5.74, 6) is 0.761. The van der Waals surface area contributed by atoms with Crippen molar-refractivity contribution in [3.05, 3.63) is 28.8 Å². The average Bonchev–Trinajstić information content (AvgIpc) is 2.60. The first kappa shape index (κ1) is 19.1. The maximum Gasteiger partial charge on any atom is 0.246 e. The van der Waals surface area contributed by atoms with Crippen LogP contribution in [-0.4, -0.2) is 61.5 Å². The number of benzene rings is 1. The van der Waals surface area contributed by atoms with Gasteiger partial charge in [0.15, 0.2) is 11.5 Å². The van der Waals surface area contributed by atoms with Crippen LogP contribution in [0.1, 0.15) is 19.4 Å². The normalized spacial score (nSPS) is 13.0. The van der Waals surface area contributed by atoms with E-state index >= 15 is 0 Å². The van der Waals surface area contributed by atoms with Crippen molar-refractivity contribution in [2.75, 3.05) is 39.9 Å². The number of hydrogen-bond acceptors (Lipinski definition) is 4. The van der Waals surface area contributed by atoms with Crippen LogP contribution in [0.5, 0.6) is 11.5 Å². The van der Waals surface area contributed by atoms with Crippen LogP contribution in [0.25, 0.3) is 6.08 Å². The summed E-state index contributed by atoms with van der Waals surface area (Å²) < 4.78 is 11.0. The molecule has 0 fully saturated rings. The Labute approximate surface area is 152 Å². The van der Waals surface area contributed by atoms with Gasteiger partial charge in [-0.1, -0.05) is 11.6 Å². The molecule has 1 heterocycles. The minimum Gasteiger partial charge on any atom is -0.486 e. The van der Waals surface area contributed by atoms with Crippen molar-refractivity contribution >= 4 is 29.5 Å². The fourth-order valence-electron chi connectivity index (χ4n) is 2.48. The number of likely N-dealkylation sites (N-methyl/N-ethyl adjacent to an activating group) is 2. The van der Waals surface area contributed by atoms with Crippen LogP contribution in [0.3, 0.4) is 0 Å². The van der Waals surface area contributed by atoms with Gasteiger partial charge in [0.1, 0.15) is 13.2 Å². The molecule has 1 aromatic rings. The van der Waals surface area contributed by atoms with E-state index in [0.29, 0.717) is 42.8 Å². The van der Waals surface area contributed by atoms with E-state index in [9.17, 15) is 9.59 Å². The molecule has 1 aliphatic heterocycles. The van der Waals surface area contributed by atoms with Gasteiger partial charge in [0, 0.05) is 26.2 Å². The lowest BCUT2D eigenvalue weighted by atomic mass is 10.1. The Morgan fingerprint density at radius 1 is 1.20 bits per heavy atom. The number of nitrogens with zero attached hydrogens (tertiary/aromatic N) is 2. The number of hydrogen-bond donors (Lipinski definition) is 0. The summed E-state index contributed by atoms with van der Waals surface area (Å²) in [5, 5.41) is 0.439. The van der Waals surface area contributed by atoms with Crippen molar-refractivity contribution in [2.24, 2.45) is 0 Å². The van der Waals surface area contributed by atoms with Gasteiger partial charge in [-0.15, -0.1) is 0 Å². The fourth-order valence-corrected chi connectivity index (χ4v) is 2.75. The van der Waals surface area contributed by atoms with Gasteiger partial charge in [0.25, 0.3) is 0 Å². The van der Waals surface area contributed by atoms with Crippen LogP contribution in [0.2, 0.25) is 5.02 Å². The van der Waals surface area contributed by atoms with E-state index in [1.807, 2.05) is 13.8 Å². The maximum absolute atomic E-state index is 12.2. The highest BCUT2D eigenvalue weighted by Crippen LogP contribution is 2.38. The summed E-state index contributed by atoms with van der Waals surface area (Å²) in [7, 11) is 1.60. The van der Waals surface area contributed by atoms with Gasteiger partial charge in [-0.25, -0.2) is 0 Å². The highest BCUT2D eigenvalue weighted by molar-refractivity contribution is 6.32. The quantitative estimate of drug-likeness (QED) is 0.726. The van der Waals surface area contributed by atoms with Crippen LogP contribution in [0.4, 0.5) is 0 Å². The number of amides is 2. The topological polar surface area (TPSA) is 59.1 Å². The van der Waals surface area contributed by atoms with Gasteiger partial charge in [-0.2, -0.15) is 0 Å². The van der Waals surface area contributed by atoms with Crippen molar-refractivity contribution in [1.29, 1.82) is 0 Å². The Morgan fingerprint density at radius 2 is 1.88 bits per heavy atom. The molecule has 25 heavy (non-hydrogen) atoms. The third-order valence-corrected chi connectivity index (χ3v) is 4.18. The van der Waals surface area contributed by atoms with Crippen molar-refractivity contribution in [3.63, 3.8) is 0 Å². The molecule has 7 heteroatoms. The first-order chi connectivity index (χ1) is 12.0. The SMILES string of the molecule is CCN(CC)C(=O)CN(C)C(=O)/C=C/c1cc(Cl)c2c(c1)OCCO2. The molecule has 0 N–H and O–H groups in total. The van der Waals surface area contributed by atoms with Crippen molar-refractivity contribution in [1.82, 2.24) is 9.80 Å². The summed E-state index contributed by atoms with van der Waals surface area (Å²) in [6, 6.07) is 3.48. The first-order valence-electron chi connectivity index (χ1n) is 8.26. The summed E-state index contributed by atoms with van der Waals surface area (Å²) in [4.78, 5) is 27.3. The number of ether oxygens (including phenoxy) is 2. The molecule has 2 amide bonds. The Morgan fingerprint density at radius 3 is 2.56 bits per heavy atom. The lowest BCUT2D eigenvalue weighted by Gasteiger charge is -2.22. The molecule has 0 saturated heterocycles. The van der Waals surface area contributed by atoms with E-state index in [1.54, 1.807) is 30.2 Å². The zero-order valence-electron chi connectivity index (χ0n) is 14.8. The van der Waals surface area contributed by atoms with Gasteiger partial charge in [0.05, 0.1) is 11.6 Å². The van der Waals surface area contributed by atoms with Crippen molar-refractivity contribution < 1.29 is 19.1 Å². The lowest BCUT2D eigenvalue weighted by molar-refractivity contribution is -0.136. The number of carbonyl (C=O) groups is 2. The Kier molecular flexibility index (Phi) is 6.70. The van der Waals surface area contributed by atoms with Crippen LogP contribution in [0.15, 0.2) is 18.2 Å². The Balaban J connectivity index is 2.02. The average molecular weight is 367 g/mol. The second-order valence-electron chi connectivity index (χ2n) is 5.62. The first-order valence-corrected chi connectivity index (χ1v) is 8.64. The monoisotopic (exact) mass is 366 g/mol. The van der Waals surface area contributed by atoms with Crippen LogP contribution < -0.4 is 9.47 Å². The molecule has 0 aromatic heterocycles. The predicted molar refractivity (Wildman–Crippen MR) is 97.0 cm³/mol. The smallest absolute Gasteiger partial charge is 0.246 e. The predicted octanol–water partition coefficient (Wildman–Crippen LogP) is 2.45. The van der Waals surface area contributed by atoms with Crippen molar-refractivity contribution in [3.8, 4) is 11.5 Å². The van der Waals surface area contributed by atoms with Gasteiger partial charge in [0.2, 0.25) is 11.8 Å². The van der Waals surface area contributed by atoms with Gasteiger partial charge in [-0.3, -0.25) is 9.59 Å². The number of halogens is 1. The van der Waals surface area contributed by atoms with Gasteiger partial charge >= 0.3 is 0 Å². The third-order valence-electron chi connectivity index (χ3n) is 3.90. The Bertz CT molecular complexity index is 671. The molecular weight excluding hydrogens is 344 g/mol. The van der Waals surface area contributed by atoms with E-state index in [2.05, 4.69) is 0 Å². The zero-order chi connectivity index (χ0) is 18.4. The lowest BCUT2D eigenvalue weighted by Crippen LogP contribution is -2.40. The zero-order valence-corrected chi connectivity index (χ0v) is 15.5. The van der Waals surface area contributed by atoms with E-state index in [1.165, 1.54) is 11.0 Å². The molecule has 0 atom stereocenters. The summed E-state index contributed by atoms with van der Waals surface area (Å²) in [6.07, 6.45) is 3.06. The number of carbonyl (C=O) groups excluding carboxylic acids is 2. The molecule has 0 spiro atoms. The molecule has 6 nitrogen and oxygen atoms in total. The maximum atomic E-state index is 12.2. The molecule has 0 bridgehead atoms. The van der Waals surface area contributed by atoms with E-state index in [4.69, 9.17) is 21.1 Å². The molecule has 0 aliphatic carbocycles. The molecule has 0 saturated carbocycles. The van der Waals surface area contributed by atoms with Crippen LogP contribution in [-0.2, 0) is 9.59 Å². The summed E-state index contributed by atoms with van der Waals surface area (Å²) >= 11 is 6.18. The number of fused-ring (bicyclic) bond motifs is 1. The molecular formula is C18H23ClN2O4. The highest BCUT2D eigenvalue weighted by atomic mass is 35.5. The molecule has 2 rings (SSSR count). The minimum absolute atomic E-state index is 0.0484. The van der Waals surface area contributed by atoms with Gasteiger partial charge in [-0.05, 0) is 37.6 Å². The molecule has 0 unspecified atom stereocenters. The number of rotatable bonds is 6. The van der Waals surface area contributed by atoms with Gasteiger partial charge < -0.3 is 19.3 Å². The van der Waals surface area contributed by atoms with Crippen molar-refractivity contribution in [2.45, 2.75) is 13.8 Å². The Hall–Kier alpha value is -2.21. The molecule has 1 aromatic carbocycles. The molecule has 136 valence electrons. The summed E-state index contributed by atoms with van der Waals surface area (Å²) in [5.41, 5.74) is 0.728. The second kappa shape index (κ2) is 8.76. The minimum atomic E-state index is -0.258. The van der Waals surface area contributed by atoms with Crippen LogP contribution in [0, 0.1) is 0 Å². The molecule has 0 radical (unpaired) electrons. The molecule has 1 aliphatic rings. The summed E-state index contributed by atoms with van der Waals surface area (Å²) in [6.45, 7) is 6.05. The van der Waals surface area contributed by atoms with E-state index < -0.39 is 0 Å².